The van der Waals surface area contributed by atoms with Crippen molar-refractivity contribution in [3.63, 3.8) is 0 Å². The average Bonchev–Trinajstić information content (AvgIpc) is 3.09. The molecule has 3 rings (SSSR count). The fourth-order valence-corrected chi connectivity index (χ4v) is 3.52. The first-order valence-electron chi connectivity index (χ1n) is 6.94. The smallest absolute Gasteiger partial charge is 0.239 e. The van der Waals surface area contributed by atoms with E-state index in [1.807, 2.05) is 23.9 Å². The van der Waals surface area contributed by atoms with Crippen molar-refractivity contribution in [2.24, 2.45) is 5.92 Å². The van der Waals surface area contributed by atoms with Crippen LogP contribution in [0.5, 0.6) is 5.88 Å². The summed E-state index contributed by atoms with van der Waals surface area (Å²) in [6.07, 6.45) is 3.78. The molecule has 1 aliphatic carbocycles. The lowest BCUT2D eigenvalue weighted by molar-refractivity contribution is 0.290. The Morgan fingerprint density at radius 1 is 1.42 bits per heavy atom. The lowest BCUT2D eigenvalue weighted by atomic mass is 10.2. The molecule has 0 bridgehead atoms. The minimum absolute atomic E-state index is 0.581. The summed E-state index contributed by atoms with van der Waals surface area (Å²) in [4.78, 5) is 6.84. The summed E-state index contributed by atoms with van der Waals surface area (Å²) < 4.78 is 5.75. The second-order valence-electron chi connectivity index (χ2n) is 5.45. The van der Waals surface area contributed by atoms with Crippen molar-refractivity contribution >= 4 is 23.3 Å². The quantitative estimate of drug-likeness (QED) is 0.897. The zero-order chi connectivity index (χ0) is 13.2. The van der Waals surface area contributed by atoms with Crippen molar-refractivity contribution < 1.29 is 4.74 Å². The maximum Gasteiger partial charge on any atom is 0.239 e. The molecule has 1 atom stereocenters. The SMILES string of the molecule is CN(c1ccc(N)c(OCC2CC2)n1)C1CCSC1. The first-order chi connectivity index (χ1) is 9.24. The number of pyridine rings is 1. The Morgan fingerprint density at radius 2 is 2.26 bits per heavy atom. The number of nitrogen functional groups attached to an aromatic ring is 1. The second-order valence-corrected chi connectivity index (χ2v) is 6.60. The summed E-state index contributed by atoms with van der Waals surface area (Å²) in [5.41, 5.74) is 6.58. The van der Waals surface area contributed by atoms with E-state index in [2.05, 4.69) is 16.9 Å². The molecular weight excluding hydrogens is 258 g/mol. The molecule has 0 amide bonds. The normalized spacial score (nSPS) is 22.5. The number of nitrogens with zero attached hydrogens (tertiary/aromatic N) is 2. The van der Waals surface area contributed by atoms with Crippen molar-refractivity contribution in [3.05, 3.63) is 12.1 Å². The molecule has 2 aliphatic rings. The van der Waals surface area contributed by atoms with Crippen LogP contribution in [0, 0.1) is 5.92 Å². The van der Waals surface area contributed by atoms with Gasteiger partial charge in [0.15, 0.2) is 0 Å². The Morgan fingerprint density at radius 3 is 2.95 bits per heavy atom. The molecule has 0 radical (unpaired) electrons. The van der Waals surface area contributed by atoms with E-state index in [0.29, 0.717) is 23.5 Å². The van der Waals surface area contributed by atoms with Gasteiger partial charge in [-0.1, -0.05) is 0 Å². The Balaban J connectivity index is 1.71. The van der Waals surface area contributed by atoms with Crippen LogP contribution in [0.1, 0.15) is 19.3 Å². The summed E-state index contributed by atoms with van der Waals surface area (Å²) in [7, 11) is 2.11. The van der Waals surface area contributed by atoms with Gasteiger partial charge in [0.1, 0.15) is 5.82 Å². The van der Waals surface area contributed by atoms with Crippen molar-refractivity contribution in [2.45, 2.75) is 25.3 Å². The van der Waals surface area contributed by atoms with Gasteiger partial charge < -0.3 is 15.4 Å². The molecule has 1 saturated carbocycles. The van der Waals surface area contributed by atoms with Gasteiger partial charge in [-0.25, -0.2) is 0 Å². The number of anilines is 2. The molecule has 4 nitrogen and oxygen atoms in total. The van der Waals surface area contributed by atoms with Gasteiger partial charge in [-0.3, -0.25) is 0 Å². The fraction of sp³-hybridized carbons (Fsp3) is 0.643. The van der Waals surface area contributed by atoms with Crippen LogP contribution in [0.3, 0.4) is 0 Å². The zero-order valence-corrected chi connectivity index (χ0v) is 12.2. The third kappa shape index (κ3) is 3.08. The summed E-state index contributed by atoms with van der Waals surface area (Å²) in [6, 6.07) is 4.48. The fourth-order valence-electron chi connectivity index (χ4n) is 2.25. The number of hydrogen-bond donors (Lipinski definition) is 1. The highest BCUT2D eigenvalue weighted by atomic mass is 32.2. The summed E-state index contributed by atoms with van der Waals surface area (Å²) in [5.74, 6) is 4.71. The summed E-state index contributed by atoms with van der Waals surface area (Å²) >= 11 is 2.01. The predicted molar refractivity (Wildman–Crippen MR) is 81.0 cm³/mol. The number of rotatable bonds is 5. The summed E-state index contributed by atoms with van der Waals surface area (Å²) in [6.45, 7) is 0.754. The van der Waals surface area contributed by atoms with Gasteiger partial charge in [0, 0.05) is 18.8 Å². The van der Waals surface area contributed by atoms with Crippen molar-refractivity contribution in [3.8, 4) is 5.88 Å². The van der Waals surface area contributed by atoms with Crippen LogP contribution in [0.15, 0.2) is 12.1 Å². The maximum absolute atomic E-state index is 5.94. The van der Waals surface area contributed by atoms with E-state index < -0.39 is 0 Å². The van der Waals surface area contributed by atoms with E-state index in [1.54, 1.807) is 0 Å². The molecule has 0 aromatic carbocycles. The van der Waals surface area contributed by atoms with Gasteiger partial charge in [-0.2, -0.15) is 16.7 Å². The van der Waals surface area contributed by atoms with Crippen LogP contribution >= 0.6 is 11.8 Å². The van der Waals surface area contributed by atoms with Crippen molar-refractivity contribution in [1.82, 2.24) is 4.98 Å². The molecule has 2 N–H and O–H groups in total. The van der Waals surface area contributed by atoms with Gasteiger partial charge in [0.05, 0.1) is 12.3 Å². The minimum Gasteiger partial charge on any atom is -0.476 e. The van der Waals surface area contributed by atoms with E-state index in [4.69, 9.17) is 10.5 Å². The standard InChI is InChI=1S/C14H21N3OS/c1-17(11-6-7-19-9-11)13-5-4-12(15)14(16-13)18-8-10-2-3-10/h4-5,10-11H,2-3,6-9,15H2,1H3. The Labute approximate surface area is 118 Å². The molecule has 1 unspecified atom stereocenters. The number of aromatic nitrogens is 1. The monoisotopic (exact) mass is 279 g/mol. The van der Waals surface area contributed by atoms with E-state index in [0.717, 1.165) is 12.4 Å². The van der Waals surface area contributed by atoms with Crippen LogP contribution in [-0.2, 0) is 0 Å². The first-order valence-corrected chi connectivity index (χ1v) is 8.09. The molecule has 19 heavy (non-hydrogen) atoms. The Hall–Kier alpha value is -1.10. The largest absolute Gasteiger partial charge is 0.476 e. The Bertz CT molecular complexity index is 444. The van der Waals surface area contributed by atoms with Gasteiger partial charge in [0.2, 0.25) is 5.88 Å². The number of thioether (sulfide) groups is 1. The third-order valence-corrected chi connectivity index (χ3v) is 4.99. The van der Waals surface area contributed by atoms with Gasteiger partial charge in [-0.15, -0.1) is 0 Å². The van der Waals surface area contributed by atoms with E-state index in [-0.39, 0.29) is 0 Å². The molecule has 1 aromatic heterocycles. The van der Waals surface area contributed by atoms with Crippen LogP contribution in [0.4, 0.5) is 11.5 Å². The zero-order valence-electron chi connectivity index (χ0n) is 11.3. The number of nitrogens with two attached hydrogens (primary N) is 1. The van der Waals surface area contributed by atoms with Crippen LogP contribution in [-0.4, -0.2) is 36.2 Å². The van der Waals surface area contributed by atoms with Crippen molar-refractivity contribution in [2.75, 3.05) is 35.8 Å². The predicted octanol–water partition coefficient (Wildman–Crippen LogP) is 2.39. The van der Waals surface area contributed by atoms with Gasteiger partial charge >= 0.3 is 0 Å². The molecular formula is C14H21N3OS. The lowest BCUT2D eigenvalue weighted by Gasteiger charge is -2.25. The molecule has 5 heteroatoms. The topological polar surface area (TPSA) is 51.4 Å². The first kappa shape index (κ1) is 12.9. The Kier molecular flexibility index (Phi) is 3.73. The third-order valence-electron chi connectivity index (χ3n) is 3.84. The van der Waals surface area contributed by atoms with Gasteiger partial charge in [-0.05, 0) is 43.1 Å². The summed E-state index contributed by atoms with van der Waals surface area (Å²) in [5, 5.41) is 0. The van der Waals surface area contributed by atoms with Crippen LogP contribution in [0.2, 0.25) is 0 Å². The highest BCUT2D eigenvalue weighted by molar-refractivity contribution is 7.99. The number of ether oxygens (including phenoxy) is 1. The second kappa shape index (κ2) is 5.49. The van der Waals surface area contributed by atoms with E-state index in [1.165, 1.54) is 30.8 Å². The molecule has 1 aromatic rings. The molecule has 2 fully saturated rings. The van der Waals surface area contributed by atoms with E-state index >= 15 is 0 Å². The molecule has 1 saturated heterocycles. The molecule has 1 aliphatic heterocycles. The minimum atomic E-state index is 0.581. The van der Waals surface area contributed by atoms with Crippen molar-refractivity contribution in [1.29, 1.82) is 0 Å². The van der Waals surface area contributed by atoms with E-state index in [9.17, 15) is 0 Å². The van der Waals surface area contributed by atoms with Crippen LogP contribution in [0.25, 0.3) is 0 Å². The molecule has 2 heterocycles. The number of hydrogen-bond acceptors (Lipinski definition) is 5. The highest BCUT2D eigenvalue weighted by Gasteiger charge is 2.24. The lowest BCUT2D eigenvalue weighted by Crippen LogP contribution is -2.32. The molecule has 0 spiro atoms. The molecule has 104 valence electrons. The van der Waals surface area contributed by atoms with Gasteiger partial charge in [0.25, 0.3) is 0 Å². The maximum atomic E-state index is 5.94. The highest BCUT2D eigenvalue weighted by Crippen LogP contribution is 2.32. The van der Waals surface area contributed by atoms with Crippen LogP contribution < -0.4 is 15.4 Å². The average molecular weight is 279 g/mol.